The topological polar surface area (TPSA) is 29.5 Å². The first-order chi connectivity index (χ1) is 7.27. The van der Waals surface area contributed by atoms with Crippen molar-refractivity contribution in [2.75, 3.05) is 6.61 Å². The molecule has 1 aromatic rings. The Kier molecular flexibility index (Phi) is 4.73. The van der Waals surface area contributed by atoms with E-state index >= 15 is 0 Å². The molecular weight excluding hydrogens is 188 g/mol. The Hall–Kier alpha value is -1.46. The van der Waals surface area contributed by atoms with Crippen molar-refractivity contribution in [3.05, 3.63) is 29.8 Å². The van der Waals surface area contributed by atoms with E-state index in [1.807, 2.05) is 31.2 Å². The lowest BCUT2D eigenvalue weighted by atomic mass is 10.1. The maximum atomic E-state index is 9.79. The second-order valence-electron chi connectivity index (χ2n) is 3.26. The molecule has 0 saturated carbocycles. The van der Waals surface area contributed by atoms with Crippen molar-refractivity contribution in [2.24, 2.45) is 0 Å². The van der Waals surface area contributed by atoms with Crippen molar-refractivity contribution >= 4 is 0 Å². The number of aliphatic hydroxyl groups excluding tert-OH is 1. The van der Waals surface area contributed by atoms with Gasteiger partial charge in [0.05, 0.1) is 12.7 Å². The van der Waals surface area contributed by atoms with E-state index in [9.17, 15) is 5.11 Å². The largest absolute Gasteiger partial charge is 0.494 e. The molecule has 0 fully saturated rings. The van der Waals surface area contributed by atoms with Gasteiger partial charge >= 0.3 is 0 Å². The Balaban J connectivity index is 2.67. The molecule has 2 nitrogen and oxygen atoms in total. The highest BCUT2D eigenvalue weighted by molar-refractivity contribution is 5.29. The second kappa shape index (κ2) is 6.10. The summed E-state index contributed by atoms with van der Waals surface area (Å²) in [6.45, 7) is 2.56. The maximum absolute atomic E-state index is 9.79. The Bertz CT molecular complexity index is 339. The van der Waals surface area contributed by atoms with Crippen LogP contribution in [0.3, 0.4) is 0 Å². The molecule has 0 bridgehead atoms. The summed E-state index contributed by atoms with van der Waals surface area (Å²) >= 11 is 0. The van der Waals surface area contributed by atoms with Crippen molar-refractivity contribution < 1.29 is 9.84 Å². The van der Waals surface area contributed by atoms with Crippen LogP contribution in [0, 0.1) is 12.3 Å². The van der Waals surface area contributed by atoms with Crippen LogP contribution in [0.4, 0.5) is 0 Å². The van der Waals surface area contributed by atoms with Crippen molar-refractivity contribution in [3.8, 4) is 18.1 Å². The standard InChI is InChI=1S/C13H16O2/c1-3-5-9-13(14)11-7-6-8-12(10-11)15-4-2/h1,6-8,10,13-14H,4-5,9H2,2H3. The summed E-state index contributed by atoms with van der Waals surface area (Å²) in [7, 11) is 0. The molecule has 80 valence electrons. The lowest BCUT2D eigenvalue weighted by Gasteiger charge is -2.11. The molecule has 15 heavy (non-hydrogen) atoms. The Morgan fingerprint density at radius 1 is 1.53 bits per heavy atom. The second-order valence-corrected chi connectivity index (χ2v) is 3.26. The van der Waals surface area contributed by atoms with E-state index in [2.05, 4.69) is 5.92 Å². The lowest BCUT2D eigenvalue weighted by molar-refractivity contribution is 0.169. The molecule has 0 heterocycles. The zero-order valence-electron chi connectivity index (χ0n) is 8.94. The first-order valence-corrected chi connectivity index (χ1v) is 5.12. The number of benzene rings is 1. The minimum Gasteiger partial charge on any atom is -0.494 e. The molecule has 0 aliphatic heterocycles. The molecule has 0 radical (unpaired) electrons. The summed E-state index contributed by atoms with van der Waals surface area (Å²) in [5, 5.41) is 9.79. The van der Waals surface area contributed by atoms with Crippen molar-refractivity contribution in [1.82, 2.24) is 0 Å². The Morgan fingerprint density at radius 3 is 3.00 bits per heavy atom. The third-order valence-electron chi connectivity index (χ3n) is 2.12. The van der Waals surface area contributed by atoms with E-state index in [0.29, 0.717) is 19.4 Å². The fourth-order valence-corrected chi connectivity index (χ4v) is 1.36. The van der Waals surface area contributed by atoms with Crippen LogP contribution in [-0.2, 0) is 0 Å². The number of hydrogen-bond donors (Lipinski definition) is 1. The molecule has 1 aromatic carbocycles. The predicted octanol–water partition coefficient (Wildman–Crippen LogP) is 2.53. The fourth-order valence-electron chi connectivity index (χ4n) is 1.36. The molecule has 1 N–H and O–H groups in total. The van der Waals surface area contributed by atoms with Gasteiger partial charge in [-0.15, -0.1) is 12.3 Å². The van der Waals surface area contributed by atoms with Gasteiger partial charge in [-0.3, -0.25) is 0 Å². The SMILES string of the molecule is C#CCCC(O)c1cccc(OCC)c1. The van der Waals surface area contributed by atoms with Crippen LogP contribution in [-0.4, -0.2) is 11.7 Å². The molecule has 0 spiro atoms. The van der Waals surface area contributed by atoms with Gasteiger partial charge < -0.3 is 9.84 Å². The van der Waals surface area contributed by atoms with E-state index in [-0.39, 0.29) is 0 Å². The Labute approximate surface area is 90.9 Å². The summed E-state index contributed by atoms with van der Waals surface area (Å²) in [6, 6.07) is 7.48. The maximum Gasteiger partial charge on any atom is 0.119 e. The number of aliphatic hydroxyl groups is 1. The molecule has 0 saturated heterocycles. The van der Waals surface area contributed by atoms with Gasteiger partial charge in [0.2, 0.25) is 0 Å². The minimum absolute atomic E-state index is 0.499. The van der Waals surface area contributed by atoms with Gasteiger partial charge in [0, 0.05) is 6.42 Å². The van der Waals surface area contributed by atoms with Crippen molar-refractivity contribution in [3.63, 3.8) is 0 Å². The molecular formula is C13H16O2. The smallest absolute Gasteiger partial charge is 0.119 e. The summed E-state index contributed by atoms with van der Waals surface area (Å²) in [6.07, 6.45) is 5.82. The van der Waals surface area contributed by atoms with Crippen LogP contribution in [0.15, 0.2) is 24.3 Å². The molecule has 1 atom stereocenters. The minimum atomic E-state index is -0.499. The summed E-state index contributed by atoms with van der Waals surface area (Å²) in [5.41, 5.74) is 0.858. The highest BCUT2D eigenvalue weighted by Gasteiger charge is 2.07. The zero-order valence-corrected chi connectivity index (χ0v) is 8.94. The van der Waals surface area contributed by atoms with Gasteiger partial charge in [0.25, 0.3) is 0 Å². The highest BCUT2D eigenvalue weighted by atomic mass is 16.5. The quantitative estimate of drug-likeness (QED) is 0.747. The fraction of sp³-hybridized carbons (Fsp3) is 0.385. The van der Waals surface area contributed by atoms with E-state index in [4.69, 9.17) is 11.2 Å². The first-order valence-electron chi connectivity index (χ1n) is 5.12. The number of terminal acetylenes is 1. The van der Waals surface area contributed by atoms with Crippen LogP contribution < -0.4 is 4.74 Å². The van der Waals surface area contributed by atoms with Crippen molar-refractivity contribution in [2.45, 2.75) is 25.9 Å². The molecule has 2 heteroatoms. The average molecular weight is 204 g/mol. The van der Waals surface area contributed by atoms with E-state index in [1.165, 1.54) is 0 Å². The first kappa shape index (κ1) is 11.6. The van der Waals surface area contributed by atoms with Gasteiger partial charge in [0.15, 0.2) is 0 Å². The third kappa shape index (κ3) is 3.65. The van der Waals surface area contributed by atoms with Crippen LogP contribution in [0.5, 0.6) is 5.75 Å². The predicted molar refractivity (Wildman–Crippen MR) is 60.6 cm³/mol. The van der Waals surface area contributed by atoms with Gasteiger partial charge in [0.1, 0.15) is 5.75 Å². The van der Waals surface area contributed by atoms with E-state index < -0.39 is 6.10 Å². The molecule has 0 amide bonds. The monoisotopic (exact) mass is 204 g/mol. The highest BCUT2D eigenvalue weighted by Crippen LogP contribution is 2.22. The number of ether oxygens (including phenoxy) is 1. The van der Waals surface area contributed by atoms with Crippen molar-refractivity contribution in [1.29, 1.82) is 0 Å². The number of rotatable bonds is 5. The summed E-state index contributed by atoms with van der Waals surface area (Å²) < 4.78 is 5.35. The molecule has 0 aromatic heterocycles. The van der Waals surface area contributed by atoms with Crippen LogP contribution in [0.25, 0.3) is 0 Å². The normalized spacial score (nSPS) is 11.8. The van der Waals surface area contributed by atoms with E-state index in [0.717, 1.165) is 11.3 Å². The van der Waals surface area contributed by atoms with Crippen LogP contribution >= 0.6 is 0 Å². The van der Waals surface area contributed by atoms with Crippen LogP contribution in [0.2, 0.25) is 0 Å². The van der Waals surface area contributed by atoms with Crippen LogP contribution in [0.1, 0.15) is 31.4 Å². The molecule has 0 aliphatic carbocycles. The van der Waals surface area contributed by atoms with Gasteiger partial charge in [-0.05, 0) is 31.0 Å². The molecule has 1 unspecified atom stereocenters. The summed E-state index contributed by atoms with van der Waals surface area (Å²) in [4.78, 5) is 0. The van der Waals surface area contributed by atoms with Gasteiger partial charge in [-0.25, -0.2) is 0 Å². The average Bonchev–Trinajstić information content (AvgIpc) is 2.27. The van der Waals surface area contributed by atoms with Gasteiger partial charge in [-0.2, -0.15) is 0 Å². The Morgan fingerprint density at radius 2 is 2.33 bits per heavy atom. The lowest BCUT2D eigenvalue weighted by Crippen LogP contribution is -1.98. The zero-order chi connectivity index (χ0) is 11.1. The molecule has 1 rings (SSSR count). The number of hydrogen-bond acceptors (Lipinski definition) is 2. The third-order valence-corrected chi connectivity index (χ3v) is 2.12. The van der Waals surface area contributed by atoms with Gasteiger partial charge in [-0.1, -0.05) is 12.1 Å². The summed E-state index contributed by atoms with van der Waals surface area (Å²) in [5.74, 6) is 3.30. The van der Waals surface area contributed by atoms with E-state index in [1.54, 1.807) is 0 Å². The molecule has 0 aliphatic rings.